The van der Waals surface area contributed by atoms with Crippen molar-refractivity contribution in [3.8, 4) is 5.75 Å². The Hall–Kier alpha value is -2.04. The molecular formula is C20H26ClN2O2+. The Balaban J connectivity index is 1.63. The topological polar surface area (TPSA) is 42.8 Å². The molecule has 0 heterocycles. The Morgan fingerprint density at radius 1 is 1.16 bits per heavy atom. The highest BCUT2D eigenvalue weighted by Crippen LogP contribution is 2.15. The van der Waals surface area contributed by atoms with Gasteiger partial charge in [0.05, 0.1) is 7.05 Å². The van der Waals surface area contributed by atoms with Gasteiger partial charge in [-0.3, -0.25) is 4.79 Å². The van der Waals surface area contributed by atoms with Crippen molar-refractivity contribution in [2.45, 2.75) is 12.8 Å². The Labute approximate surface area is 154 Å². The van der Waals surface area contributed by atoms with Gasteiger partial charge < -0.3 is 15.0 Å². The van der Waals surface area contributed by atoms with E-state index in [0.717, 1.165) is 17.2 Å². The molecule has 1 unspecified atom stereocenters. The van der Waals surface area contributed by atoms with Gasteiger partial charge in [0.25, 0.3) is 5.91 Å². The monoisotopic (exact) mass is 361 g/mol. The molecule has 0 spiro atoms. The van der Waals surface area contributed by atoms with E-state index in [1.54, 1.807) is 12.1 Å². The fourth-order valence-corrected chi connectivity index (χ4v) is 2.59. The van der Waals surface area contributed by atoms with Gasteiger partial charge in [0.15, 0.2) is 6.54 Å². The zero-order valence-corrected chi connectivity index (χ0v) is 15.6. The van der Waals surface area contributed by atoms with Crippen molar-refractivity contribution in [3.05, 3.63) is 65.2 Å². The van der Waals surface area contributed by atoms with Crippen molar-refractivity contribution in [2.24, 2.45) is 0 Å². The second-order valence-corrected chi connectivity index (χ2v) is 6.74. The summed E-state index contributed by atoms with van der Waals surface area (Å²) < 4.78 is 5.66. The fourth-order valence-electron chi connectivity index (χ4n) is 2.47. The minimum absolute atomic E-state index is 0.0618. The Bertz CT molecular complexity index is 647. The van der Waals surface area contributed by atoms with Gasteiger partial charge in [-0.15, -0.1) is 0 Å². The molecule has 0 fully saturated rings. The van der Waals surface area contributed by atoms with Crippen LogP contribution in [0, 0.1) is 0 Å². The summed E-state index contributed by atoms with van der Waals surface area (Å²) in [5, 5.41) is 3.70. The molecule has 0 saturated carbocycles. The van der Waals surface area contributed by atoms with E-state index >= 15 is 0 Å². The van der Waals surface area contributed by atoms with Crippen molar-refractivity contribution in [1.29, 1.82) is 0 Å². The average Bonchev–Trinajstić information content (AvgIpc) is 2.62. The molecule has 2 rings (SSSR count). The van der Waals surface area contributed by atoms with Gasteiger partial charge in [0, 0.05) is 11.6 Å². The number of amides is 1. The molecule has 134 valence electrons. The maximum absolute atomic E-state index is 12.1. The summed E-state index contributed by atoms with van der Waals surface area (Å²) in [7, 11) is 1.99. The van der Waals surface area contributed by atoms with Crippen LogP contribution in [0.5, 0.6) is 5.75 Å². The number of likely N-dealkylation sites (N-methyl/N-ethyl adjacent to an activating group) is 1. The van der Waals surface area contributed by atoms with Crippen LogP contribution >= 0.6 is 11.6 Å². The van der Waals surface area contributed by atoms with E-state index in [4.69, 9.17) is 16.3 Å². The zero-order valence-electron chi connectivity index (χ0n) is 14.8. The molecule has 4 nitrogen and oxygen atoms in total. The highest BCUT2D eigenvalue weighted by molar-refractivity contribution is 6.30. The van der Waals surface area contributed by atoms with Crippen LogP contribution in [0.2, 0.25) is 5.02 Å². The molecule has 0 bridgehead atoms. The van der Waals surface area contributed by atoms with Gasteiger partial charge in [0.2, 0.25) is 0 Å². The fraction of sp³-hybridized carbons (Fsp3) is 0.350. The van der Waals surface area contributed by atoms with Crippen LogP contribution in [-0.2, 0) is 4.79 Å². The summed E-state index contributed by atoms with van der Waals surface area (Å²) in [4.78, 5) is 13.2. The number of hydrogen-bond acceptors (Lipinski definition) is 2. The first-order chi connectivity index (χ1) is 12.0. The first-order valence-corrected chi connectivity index (χ1v) is 8.93. The molecule has 1 amide bonds. The molecule has 5 heteroatoms. The Morgan fingerprint density at radius 3 is 2.52 bits per heavy atom. The lowest BCUT2D eigenvalue weighted by Gasteiger charge is -2.16. The van der Waals surface area contributed by atoms with Crippen molar-refractivity contribution < 1.29 is 14.4 Å². The third-order valence-corrected chi connectivity index (χ3v) is 4.30. The summed E-state index contributed by atoms with van der Waals surface area (Å²) in [6.07, 6.45) is 0. The maximum atomic E-state index is 12.1. The quantitative estimate of drug-likeness (QED) is 0.718. The number of carbonyl (C=O) groups is 1. The number of benzene rings is 2. The molecule has 0 aliphatic rings. The lowest BCUT2D eigenvalue weighted by atomic mass is 10.0. The van der Waals surface area contributed by atoms with E-state index in [2.05, 4.69) is 24.4 Å². The smallest absolute Gasteiger partial charge is 0.275 e. The van der Waals surface area contributed by atoms with Crippen LogP contribution in [0.25, 0.3) is 0 Å². The first-order valence-electron chi connectivity index (χ1n) is 8.56. The number of carbonyl (C=O) groups excluding carboxylic acids is 1. The lowest BCUT2D eigenvalue weighted by Crippen LogP contribution is -3.10. The summed E-state index contributed by atoms with van der Waals surface area (Å²) in [6.45, 7) is 4.51. The number of rotatable bonds is 9. The third kappa shape index (κ3) is 7.16. The summed E-state index contributed by atoms with van der Waals surface area (Å²) >= 11 is 5.84. The van der Waals surface area contributed by atoms with Crippen LogP contribution in [0.15, 0.2) is 54.6 Å². The van der Waals surface area contributed by atoms with Gasteiger partial charge >= 0.3 is 0 Å². The van der Waals surface area contributed by atoms with Crippen molar-refractivity contribution in [1.82, 2.24) is 5.32 Å². The van der Waals surface area contributed by atoms with Crippen LogP contribution < -0.4 is 15.0 Å². The normalized spacial score (nSPS) is 13.1. The molecule has 0 radical (unpaired) electrons. The minimum Gasteiger partial charge on any atom is -0.488 e. The largest absolute Gasteiger partial charge is 0.488 e. The van der Waals surface area contributed by atoms with Gasteiger partial charge in [-0.25, -0.2) is 0 Å². The Kier molecular flexibility index (Phi) is 7.76. The molecule has 2 aromatic carbocycles. The number of halogens is 1. The summed E-state index contributed by atoms with van der Waals surface area (Å²) in [6, 6.07) is 17.5. The van der Waals surface area contributed by atoms with Crippen LogP contribution in [0.4, 0.5) is 0 Å². The molecule has 0 aliphatic carbocycles. The third-order valence-electron chi connectivity index (χ3n) is 4.05. The average molecular weight is 362 g/mol. The summed E-state index contributed by atoms with van der Waals surface area (Å²) in [5.74, 6) is 1.16. The molecule has 0 aromatic heterocycles. The molecule has 2 atom stereocenters. The predicted octanol–water partition coefficient (Wildman–Crippen LogP) is 2.15. The predicted molar refractivity (Wildman–Crippen MR) is 101 cm³/mol. The standard InChI is InChI=1S/C20H25ClN2O2/c1-16(17-6-4-3-5-7-17)14-22-20(24)15-23(2)12-13-25-19-10-8-18(21)9-11-19/h3-11,16H,12-15H2,1-2H3,(H,22,24)/p+1/t16-/m1/s1. The number of ether oxygens (including phenoxy) is 1. The van der Waals surface area contributed by atoms with E-state index < -0.39 is 0 Å². The van der Waals surface area contributed by atoms with Gasteiger partial charge in [0.1, 0.15) is 18.9 Å². The molecule has 25 heavy (non-hydrogen) atoms. The van der Waals surface area contributed by atoms with Crippen molar-refractivity contribution in [3.63, 3.8) is 0 Å². The molecular weight excluding hydrogens is 336 g/mol. The molecule has 2 aromatic rings. The second-order valence-electron chi connectivity index (χ2n) is 6.30. The zero-order chi connectivity index (χ0) is 18.1. The van der Waals surface area contributed by atoms with Crippen molar-refractivity contribution >= 4 is 17.5 Å². The van der Waals surface area contributed by atoms with E-state index in [1.165, 1.54) is 5.56 Å². The lowest BCUT2D eigenvalue weighted by molar-refractivity contribution is -0.871. The van der Waals surface area contributed by atoms with Gasteiger partial charge in [-0.1, -0.05) is 48.9 Å². The Morgan fingerprint density at radius 2 is 1.84 bits per heavy atom. The van der Waals surface area contributed by atoms with Gasteiger partial charge in [-0.2, -0.15) is 0 Å². The molecule has 0 saturated heterocycles. The van der Waals surface area contributed by atoms with Crippen LogP contribution in [-0.4, -0.2) is 39.2 Å². The van der Waals surface area contributed by atoms with E-state index in [1.807, 2.05) is 37.4 Å². The van der Waals surface area contributed by atoms with E-state index in [-0.39, 0.29) is 5.91 Å². The van der Waals surface area contributed by atoms with Gasteiger partial charge in [-0.05, 0) is 35.7 Å². The van der Waals surface area contributed by atoms with Crippen LogP contribution in [0.1, 0.15) is 18.4 Å². The number of hydrogen-bond donors (Lipinski definition) is 2. The SMILES string of the molecule is C[C@H](CNC(=O)C[NH+](C)CCOc1ccc(Cl)cc1)c1ccccc1. The minimum atomic E-state index is 0.0618. The number of quaternary nitrogens is 1. The highest BCUT2D eigenvalue weighted by atomic mass is 35.5. The summed E-state index contributed by atoms with van der Waals surface area (Å²) in [5.41, 5.74) is 1.24. The van der Waals surface area contributed by atoms with Crippen LogP contribution in [0.3, 0.4) is 0 Å². The first kappa shape index (κ1) is 19.3. The highest BCUT2D eigenvalue weighted by Gasteiger charge is 2.12. The van der Waals surface area contributed by atoms with E-state index in [9.17, 15) is 4.79 Å². The molecule has 0 aliphatic heterocycles. The molecule has 2 N–H and O–H groups in total. The van der Waals surface area contributed by atoms with Crippen molar-refractivity contribution in [2.75, 3.05) is 33.3 Å². The number of nitrogens with one attached hydrogen (secondary N) is 2. The maximum Gasteiger partial charge on any atom is 0.275 e. The van der Waals surface area contributed by atoms with E-state index in [0.29, 0.717) is 30.6 Å². The second kappa shape index (κ2) is 10.1.